The van der Waals surface area contributed by atoms with Gasteiger partial charge in [-0.1, -0.05) is 18.2 Å². The van der Waals surface area contributed by atoms with Crippen LogP contribution in [0.5, 0.6) is 5.75 Å². The standard InChI is InChI=1S/C29H36N6O3/c1-19-15-26(38-4)24(28(36)31-19)16-30-29(37)27-20(2)35(25-8-6-5-7-23(25)27)17-21-9-13-34(14-10-21)18-22-11-12-33(3)32-22/h5-8,11-12,15,21H,9-10,13-14,16-18H2,1-4H3,(H,30,37)(H,31,36). The summed E-state index contributed by atoms with van der Waals surface area (Å²) in [6.45, 7) is 7.75. The van der Waals surface area contributed by atoms with Gasteiger partial charge in [-0.2, -0.15) is 5.10 Å². The van der Waals surface area contributed by atoms with Crippen LogP contribution in [0, 0.1) is 19.8 Å². The fourth-order valence-electron chi connectivity index (χ4n) is 5.61. The van der Waals surface area contributed by atoms with E-state index >= 15 is 0 Å². The Bertz CT molecular complexity index is 1510. The molecular weight excluding hydrogens is 480 g/mol. The number of piperidine rings is 1. The monoisotopic (exact) mass is 516 g/mol. The molecular formula is C29H36N6O3. The summed E-state index contributed by atoms with van der Waals surface area (Å²) in [4.78, 5) is 31.2. The van der Waals surface area contributed by atoms with Gasteiger partial charge in [0.05, 0.1) is 30.5 Å². The number of benzene rings is 1. The van der Waals surface area contributed by atoms with Gasteiger partial charge in [-0.25, -0.2) is 0 Å². The van der Waals surface area contributed by atoms with Crippen molar-refractivity contribution in [2.24, 2.45) is 13.0 Å². The highest BCUT2D eigenvalue weighted by atomic mass is 16.5. The second kappa shape index (κ2) is 10.9. The Balaban J connectivity index is 1.31. The molecule has 1 aromatic carbocycles. The average Bonchev–Trinajstić information content (AvgIpc) is 3.43. The van der Waals surface area contributed by atoms with E-state index in [0.29, 0.717) is 28.5 Å². The average molecular weight is 517 g/mol. The van der Waals surface area contributed by atoms with Gasteiger partial charge in [0, 0.05) is 48.6 Å². The number of aromatic amines is 1. The van der Waals surface area contributed by atoms with Gasteiger partial charge in [0.2, 0.25) is 0 Å². The van der Waals surface area contributed by atoms with Crippen LogP contribution >= 0.6 is 0 Å². The number of nitrogens with zero attached hydrogens (tertiary/aromatic N) is 4. The first-order chi connectivity index (χ1) is 18.3. The van der Waals surface area contributed by atoms with Crippen LogP contribution in [0.1, 0.15) is 45.8 Å². The Morgan fingerprint density at radius 2 is 1.95 bits per heavy atom. The third-order valence-corrected chi connectivity index (χ3v) is 7.64. The zero-order valence-electron chi connectivity index (χ0n) is 22.6. The van der Waals surface area contributed by atoms with Crippen LogP contribution in [0.15, 0.2) is 47.4 Å². The summed E-state index contributed by atoms with van der Waals surface area (Å²) in [6, 6.07) is 11.9. The van der Waals surface area contributed by atoms with Crippen molar-refractivity contribution in [3.63, 3.8) is 0 Å². The van der Waals surface area contributed by atoms with Crippen LogP contribution in [-0.4, -0.2) is 50.3 Å². The van der Waals surface area contributed by atoms with Crippen molar-refractivity contribution in [2.75, 3.05) is 20.2 Å². The van der Waals surface area contributed by atoms with Crippen LogP contribution < -0.4 is 15.6 Å². The van der Waals surface area contributed by atoms with Gasteiger partial charge in [0.1, 0.15) is 5.75 Å². The number of fused-ring (bicyclic) bond motifs is 1. The normalized spacial score (nSPS) is 14.7. The first-order valence-electron chi connectivity index (χ1n) is 13.2. The molecule has 1 fully saturated rings. The van der Waals surface area contributed by atoms with Crippen molar-refractivity contribution >= 4 is 16.8 Å². The molecule has 2 N–H and O–H groups in total. The topological polar surface area (TPSA) is 97.2 Å². The Hall–Kier alpha value is -3.85. The number of aromatic nitrogens is 4. The number of amides is 1. The molecule has 0 atom stereocenters. The first kappa shape index (κ1) is 25.8. The zero-order valence-corrected chi connectivity index (χ0v) is 22.6. The molecule has 9 heteroatoms. The van der Waals surface area contributed by atoms with Crippen LogP contribution in [0.2, 0.25) is 0 Å². The highest BCUT2D eigenvalue weighted by Gasteiger charge is 2.25. The smallest absolute Gasteiger partial charge is 0.256 e. The van der Waals surface area contributed by atoms with E-state index in [9.17, 15) is 9.59 Å². The fourth-order valence-corrected chi connectivity index (χ4v) is 5.61. The summed E-state index contributed by atoms with van der Waals surface area (Å²) < 4.78 is 9.53. The number of H-pyrrole nitrogens is 1. The Morgan fingerprint density at radius 1 is 1.18 bits per heavy atom. The van der Waals surface area contributed by atoms with E-state index in [4.69, 9.17) is 4.74 Å². The van der Waals surface area contributed by atoms with Crippen molar-refractivity contribution in [3.05, 3.63) is 81.2 Å². The molecule has 1 amide bonds. The minimum atomic E-state index is -0.254. The third kappa shape index (κ3) is 5.24. The third-order valence-electron chi connectivity index (χ3n) is 7.64. The lowest BCUT2D eigenvalue weighted by molar-refractivity contribution is 0.0951. The van der Waals surface area contributed by atoms with Gasteiger partial charge in [-0.05, 0) is 63.9 Å². The molecule has 0 radical (unpaired) electrons. The number of methoxy groups -OCH3 is 1. The summed E-state index contributed by atoms with van der Waals surface area (Å²) in [5.74, 6) is 0.820. The number of hydrogen-bond acceptors (Lipinski definition) is 5. The molecule has 9 nitrogen and oxygen atoms in total. The number of aryl methyl sites for hydroxylation is 2. The molecule has 38 heavy (non-hydrogen) atoms. The maximum absolute atomic E-state index is 13.5. The van der Waals surface area contributed by atoms with Crippen LogP contribution in [0.4, 0.5) is 0 Å². The first-order valence-corrected chi connectivity index (χ1v) is 13.2. The highest BCUT2D eigenvalue weighted by molar-refractivity contribution is 6.08. The molecule has 3 aromatic heterocycles. The number of rotatable bonds is 8. The van der Waals surface area contributed by atoms with Gasteiger partial charge in [-0.3, -0.25) is 19.2 Å². The van der Waals surface area contributed by atoms with E-state index in [0.717, 1.165) is 61.3 Å². The molecule has 0 unspecified atom stereocenters. The zero-order chi connectivity index (χ0) is 26.8. The number of carbonyl (C=O) groups is 1. The summed E-state index contributed by atoms with van der Waals surface area (Å²) in [5, 5.41) is 8.41. The number of pyridine rings is 1. The number of para-hydroxylation sites is 1. The number of nitrogens with one attached hydrogen (secondary N) is 2. The van der Waals surface area contributed by atoms with Crippen LogP contribution in [0.25, 0.3) is 10.9 Å². The molecule has 5 rings (SSSR count). The van der Waals surface area contributed by atoms with Crippen LogP contribution in [-0.2, 0) is 26.7 Å². The number of carbonyl (C=O) groups excluding carboxylic acids is 1. The maximum Gasteiger partial charge on any atom is 0.256 e. The molecule has 4 heterocycles. The van der Waals surface area contributed by atoms with E-state index in [1.54, 1.807) is 13.0 Å². The molecule has 1 saturated heterocycles. The highest BCUT2D eigenvalue weighted by Crippen LogP contribution is 2.29. The van der Waals surface area contributed by atoms with Gasteiger partial charge in [-0.15, -0.1) is 0 Å². The lowest BCUT2D eigenvalue weighted by Gasteiger charge is -2.32. The number of likely N-dealkylation sites (tertiary alicyclic amines) is 1. The summed E-state index contributed by atoms with van der Waals surface area (Å²) >= 11 is 0. The summed E-state index contributed by atoms with van der Waals surface area (Å²) in [5.41, 5.74) is 4.65. The molecule has 0 saturated carbocycles. The van der Waals surface area contributed by atoms with Gasteiger partial charge < -0.3 is 19.6 Å². The van der Waals surface area contributed by atoms with Crippen LogP contribution in [0.3, 0.4) is 0 Å². The van der Waals surface area contributed by atoms with E-state index in [1.165, 1.54) is 7.11 Å². The van der Waals surface area contributed by atoms with Gasteiger partial charge >= 0.3 is 0 Å². The van der Waals surface area contributed by atoms with Crippen molar-refractivity contribution in [1.82, 2.24) is 29.5 Å². The van der Waals surface area contributed by atoms with Crippen molar-refractivity contribution in [2.45, 2.75) is 46.3 Å². The minimum absolute atomic E-state index is 0.0886. The second-order valence-electron chi connectivity index (χ2n) is 10.3. The Morgan fingerprint density at radius 3 is 2.66 bits per heavy atom. The molecule has 1 aliphatic rings. The van der Waals surface area contributed by atoms with Gasteiger partial charge in [0.25, 0.3) is 11.5 Å². The van der Waals surface area contributed by atoms with E-state index in [2.05, 4.69) is 37.0 Å². The molecule has 1 aliphatic heterocycles. The molecule has 0 spiro atoms. The largest absolute Gasteiger partial charge is 0.496 e. The molecule has 0 bridgehead atoms. The van der Waals surface area contributed by atoms with Crippen molar-refractivity contribution in [3.8, 4) is 5.75 Å². The predicted octanol–water partition coefficient (Wildman–Crippen LogP) is 3.53. The number of ether oxygens (including phenoxy) is 1. The lowest BCUT2D eigenvalue weighted by atomic mass is 9.96. The predicted molar refractivity (Wildman–Crippen MR) is 147 cm³/mol. The Kier molecular flexibility index (Phi) is 7.37. The minimum Gasteiger partial charge on any atom is -0.496 e. The molecule has 4 aromatic rings. The summed E-state index contributed by atoms with van der Waals surface area (Å²) in [6.07, 6.45) is 4.21. The summed E-state index contributed by atoms with van der Waals surface area (Å²) in [7, 11) is 3.48. The Labute approximate surface area is 222 Å². The molecule has 200 valence electrons. The quantitative estimate of drug-likeness (QED) is 0.374. The van der Waals surface area contributed by atoms with E-state index in [-0.39, 0.29) is 18.0 Å². The van der Waals surface area contributed by atoms with Gasteiger partial charge in [0.15, 0.2) is 0 Å². The van der Waals surface area contributed by atoms with E-state index in [1.807, 2.05) is 43.0 Å². The van der Waals surface area contributed by atoms with Crippen molar-refractivity contribution < 1.29 is 9.53 Å². The fraction of sp³-hybridized carbons (Fsp3) is 0.414. The van der Waals surface area contributed by atoms with E-state index < -0.39 is 0 Å². The maximum atomic E-state index is 13.5. The SMILES string of the molecule is COc1cc(C)[nH]c(=O)c1CNC(=O)c1c(C)n(CC2CCN(Cc3ccn(C)n3)CC2)c2ccccc12. The second-order valence-corrected chi connectivity index (χ2v) is 10.3. The molecule has 0 aliphatic carbocycles. The van der Waals surface area contributed by atoms with Crippen molar-refractivity contribution in [1.29, 1.82) is 0 Å². The number of hydrogen-bond donors (Lipinski definition) is 2. The lowest BCUT2D eigenvalue weighted by Crippen LogP contribution is -2.34.